The number of nitrogens with one attached hydrogen (secondary N) is 2. The molecule has 0 bridgehead atoms. The summed E-state index contributed by atoms with van der Waals surface area (Å²) in [7, 11) is 0. The average Bonchev–Trinajstić information content (AvgIpc) is 3.64. The van der Waals surface area contributed by atoms with Crippen LogP contribution in [0.3, 0.4) is 0 Å². The Morgan fingerprint density at radius 3 is 2.07 bits per heavy atom. The fourth-order valence-electron chi connectivity index (χ4n) is 5.38. The summed E-state index contributed by atoms with van der Waals surface area (Å²) >= 11 is 0. The maximum absolute atomic E-state index is 14.7. The van der Waals surface area contributed by atoms with Crippen LogP contribution in [-0.2, 0) is 20.7 Å². The van der Waals surface area contributed by atoms with E-state index >= 15 is 0 Å². The van der Waals surface area contributed by atoms with Crippen LogP contribution in [-0.4, -0.2) is 45.6 Å². The molecule has 1 fully saturated rings. The molecule has 0 aliphatic heterocycles. The number of rotatable bonds is 9. The summed E-state index contributed by atoms with van der Waals surface area (Å²) in [5.74, 6) is -0.416. The van der Waals surface area contributed by atoms with Gasteiger partial charge in [0.1, 0.15) is 23.4 Å². The van der Waals surface area contributed by atoms with Crippen molar-refractivity contribution in [1.29, 1.82) is 0 Å². The molecule has 228 valence electrons. The minimum absolute atomic E-state index is 0.1000. The van der Waals surface area contributed by atoms with Gasteiger partial charge in [-0.25, -0.2) is 4.79 Å². The molecular weight excluding hydrogens is 542 g/mol. The first-order valence-electron chi connectivity index (χ1n) is 14.8. The van der Waals surface area contributed by atoms with Gasteiger partial charge in [-0.3, -0.25) is 9.59 Å². The van der Waals surface area contributed by atoms with Crippen LogP contribution in [0.5, 0.6) is 5.75 Å². The molecule has 0 saturated heterocycles. The van der Waals surface area contributed by atoms with Crippen LogP contribution < -0.4 is 10.6 Å². The number of alkyl carbamates (subject to hydrolysis) is 1. The fraction of sp³-hybridized carbons (Fsp3) is 0.400. The number of phenolic OH excluding ortho intramolecular Hbond substituents is 1. The van der Waals surface area contributed by atoms with Gasteiger partial charge in [-0.15, -0.1) is 0 Å². The second kappa shape index (κ2) is 12.9. The zero-order chi connectivity index (χ0) is 31.5. The van der Waals surface area contributed by atoms with Crippen LogP contribution >= 0.6 is 0 Å². The Kier molecular flexibility index (Phi) is 9.48. The smallest absolute Gasteiger partial charge is 0.408 e. The minimum Gasteiger partial charge on any atom is -0.508 e. The van der Waals surface area contributed by atoms with Crippen molar-refractivity contribution in [3.05, 3.63) is 94.5 Å². The van der Waals surface area contributed by atoms with Crippen molar-refractivity contribution in [1.82, 2.24) is 10.2 Å². The minimum atomic E-state index is -1.02. The predicted octanol–water partition coefficient (Wildman–Crippen LogP) is 6.37. The van der Waals surface area contributed by atoms with E-state index in [9.17, 15) is 19.5 Å². The van der Waals surface area contributed by atoms with E-state index in [1.54, 1.807) is 49.9 Å². The van der Waals surface area contributed by atoms with Crippen molar-refractivity contribution >= 4 is 23.6 Å². The molecule has 0 spiro atoms. The molecular formula is C35H43N3O5. The lowest BCUT2D eigenvalue weighted by Crippen LogP contribution is -2.54. The number of carbonyl (C=O) groups excluding carboxylic acids is 3. The SMILES string of the molecule is Cc1ccccc1C(C(=O)Nc1c(C)cccc1C)N(C(=O)C(Cc1ccc(O)cc1)NC(=O)OC(C)(C)C)C1CC1C. The molecule has 0 heterocycles. The normalized spacial score (nSPS) is 17.4. The van der Waals surface area contributed by atoms with Gasteiger partial charge in [-0.05, 0) is 93.8 Å². The number of ether oxygens (including phenoxy) is 1. The van der Waals surface area contributed by atoms with Crippen LogP contribution in [0.15, 0.2) is 66.7 Å². The number of phenols is 1. The lowest BCUT2D eigenvalue weighted by atomic mass is 9.96. The number of carbonyl (C=O) groups is 3. The highest BCUT2D eigenvalue weighted by atomic mass is 16.6. The van der Waals surface area contributed by atoms with E-state index in [0.29, 0.717) is 0 Å². The number of amides is 3. The number of para-hydroxylation sites is 1. The first kappa shape index (κ1) is 31.6. The van der Waals surface area contributed by atoms with Crippen molar-refractivity contribution < 1.29 is 24.2 Å². The second-order valence-corrected chi connectivity index (χ2v) is 12.6. The largest absolute Gasteiger partial charge is 0.508 e. The lowest BCUT2D eigenvalue weighted by Gasteiger charge is -2.36. The lowest BCUT2D eigenvalue weighted by molar-refractivity contribution is -0.141. The molecule has 3 aromatic carbocycles. The molecule has 3 aromatic rings. The molecule has 1 saturated carbocycles. The van der Waals surface area contributed by atoms with E-state index in [0.717, 1.165) is 39.9 Å². The first-order valence-corrected chi connectivity index (χ1v) is 14.8. The molecule has 4 rings (SSSR count). The quantitative estimate of drug-likeness (QED) is 0.271. The summed E-state index contributed by atoms with van der Waals surface area (Å²) in [6, 6.07) is 17.8. The van der Waals surface area contributed by atoms with Crippen LogP contribution in [0, 0.1) is 26.7 Å². The van der Waals surface area contributed by atoms with Crippen LogP contribution in [0.25, 0.3) is 0 Å². The summed E-state index contributed by atoms with van der Waals surface area (Å²) in [6.45, 7) is 13.1. The summed E-state index contributed by atoms with van der Waals surface area (Å²) in [4.78, 5) is 43.7. The van der Waals surface area contributed by atoms with E-state index < -0.39 is 23.8 Å². The first-order chi connectivity index (χ1) is 20.2. The molecule has 43 heavy (non-hydrogen) atoms. The number of aryl methyl sites for hydroxylation is 3. The van der Waals surface area contributed by atoms with Crippen LogP contribution in [0.1, 0.15) is 68.0 Å². The molecule has 8 nitrogen and oxygen atoms in total. The second-order valence-electron chi connectivity index (χ2n) is 12.6. The molecule has 4 atom stereocenters. The molecule has 1 aliphatic rings. The maximum Gasteiger partial charge on any atom is 0.408 e. The monoisotopic (exact) mass is 585 g/mol. The van der Waals surface area contributed by atoms with Crippen molar-refractivity contribution in [2.24, 2.45) is 5.92 Å². The van der Waals surface area contributed by atoms with Gasteiger partial charge in [0.15, 0.2) is 0 Å². The number of aromatic hydroxyl groups is 1. The molecule has 8 heteroatoms. The number of hydrogen-bond donors (Lipinski definition) is 3. The van der Waals surface area contributed by atoms with Gasteiger partial charge in [-0.2, -0.15) is 0 Å². The van der Waals surface area contributed by atoms with E-state index in [4.69, 9.17) is 4.74 Å². The maximum atomic E-state index is 14.7. The Bertz CT molecular complexity index is 1460. The Hall–Kier alpha value is -4.33. The van der Waals surface area contributed by atoms with Crippen molar-refractivity contribution in [3.63, 3.8) is 0 Å². The van der Waals surface area contributed by atoms with E-state index in [-0.39, 0.29) is 35.9 Å². The Morgan fingerprint density at radius 2 is 1.51 bits per heavy atom. The standard InChI is InChI=1S/C35H43N3O5/c1-21-11-8-9-14-27(21)31(32(40)37-30-22(2)12-10-13-23(30)3)38(29-19-24(29)4)33(41)28(36-34(42)43-35(5,6)7)20-25-15-17-26(39)18-16-25/h8-18,24,28-29,31,39H,19-20H2,1-7H3,(H,36,42)(H,37,40). The average molecular weight is 586 g/mol. The molecule has 4 unspecified atom stereocenters. The summed E-state index contributed by atoms with van der Waals surface area (Å²) in [5.41, 5.74) is 4.14. The zero-order valence-electron chi connectivity index (χ0n) is 26.1. The van der Waals surface area contributed by atoms with E-state index in [1.807, 2.05) is 63.2 Å². The predicted molar refractivity (Wildman–Crippen MR) is 168 cm³/mol. The van der Waals surface area contributed by atoms with E-state index in [2.05, 4.69) is 17.6 Å². The van der Waals surface area contributed by atoms with Gasteiger partial charge >= 0.3 is 6.09 Å². The summed E-state index contributed by atoms with van der Waals surface area (Å²) < 4.78 is 5.53. The molecule has 3 N–H and O–H groups in total. The number of hydrogen-bond acceptors (Lipinski definition) is 5. The zero-order valence-corrected chi connectivity index (χ0v) is 26.1. The number of nitrogens with zero attached hydrogens (tertiary/aromatic N) is 1. The highest BCUT2D eigenvalue weighted by Gasteiger charge is 2.48. The van der Waals surface area contributed by atoms with Gasteiger partial charge in [0.2, 0.25) is 5.91 Å². The highest BCUT2D eigenvalue weighted by Crippen LogP contribution is 2.42. The molecule has 1 aliphatic carbocycles. The topological polar surface area (TPSA) is 108 Å². The number of anilines is 1. The van der Waals surface area contributed by atoms with Gasteiger partial charge in [0, 0.05) is 18.2 Å². The Morgan fingerprint density at radius 1 is 0.930 bits per heavy atom. The van der Waals surface area contributed by atoms with E-state index in [1.165, 1.54) is 0 Å². The summed E-state index contributed by atoms with van der Waals surface area (Å²) in [6.07, 6.45) is 0.166. The molecule has 0 radical (unpaired) electrons. The van der Waals surface area contributed by atoms with Crippen molar-refractivity contribution in [2.45, 2.75) is 85.0 Å². The van der Waals surface area contributed by atoms with Crippen molar-refractivity contribution in [3.8, 4) is 5.75 Å². The van der Waals surface area contributed by atoms with Gasteiger partial charge < -0.3 is 25.4 Å². The van der Waals surface area contributed by atoms with Crippen LogP contribution in [0.4, 0.5) is 10.5 Å². The van der Waals surface area contributed by atoms with Gasteiger partial charge in [-0.1, -0.05) is 61.5 Å². The Balaban J connectivity index is 1.78. The molecule has 3 amide bonds. The van der Waals surface area contributed by atoms with Gasteiger partial charge in [0.05, 0.1) is 0 Å². The van der Waals surface area contributed by atoms with Crippen molar-refractivity contribution in [2.75, 3.05) is 5.32 Å². The summed E-state index contributed by atoms with van der Waals surface area (Å²) in [5, 5.41) is 15.7. The third-order valence-corrected chi connectivity index (χ3v) is 7.78. The third-order valence-electron chi connectivity index (χ3n) is 7.78. The van der Waals surface area contributed by atoms with Crippen LogP contribution in [0.2, 0.25) is 0 Å². The fourth-order valence-corrected chi connectivity index (χ4v) is 5.38. The highest BCUT2D eigenvalue weighted by molar-refractivity contribution is 6.00. The van der Waals surface area contributed by atoms with Gasteiger partial charge in [0.25, 0.3) is 5.91 Å². The Labute approximate surface area is 254 Å². The molecule has 0 aromatic heterocycles. The third kappa shape index (κ3) is 7.95. The number of benzene rings is 3.